The second kappa shape index (κ2) is 8.40. The normalized spacial score (nSPS) is 16.4. The molecule has 1 aromatic rings. The maximum Gasteiger partial charge on any atom is 0.133 e. The maximum absolute atomic E-state index is 5.05. The lowest BCUT2D eigenvalue weighted by molar-refractivity contribution is 0.199. The number of thioether (sulfide) groups is 1. The molecule has 106 valence electrons. The van der Waals surface area contributed by atoms with Gasteiger partial charge >= 0.3 is 0 Å². The van der Waals surface area contributed by atoms with Gasteiger partial charge < -0.3 is 15.0 Å². The number of nitrogens with one attached hydrogen (secondary N) is 1. The molecule has 2 heterocycles. The van der Waals surface area contributed by atoms with Crippen LogP contribution in [0.2, 0.25) is 0 Å². The van der Waals surface area contributed by atoms with E-state index >= 15 is 0 Å². The Bertz CT molecular complexity index is 367. The average molecular weight is 281 g/mol. The van der Waals surface area contributed by atoms with Gasteiger partial charge in [0.25, 0.3) is 0 Å². The van der Waals surface area contributed by atoms with Crippen LogP contribution in [0.15, 0.2) is 18.3 Å². The van der Waals surface area contributed by atoms with Gasteiger partial charge in [0.2, 0.25) is 0 Å². The minimum atomic E-state index is 0.746. The van der Waals surface area contributed by atoms with Crippen LogP contribution in [-0.2, 0) is 11.3 Å². The average Bonchev–Trinajstić information content (AvgIpc) is 2.73. The standard InChI is InChI=1S/C14H23N3OS/c1-18-9-6-15-12-13-4-2-5-16-14(13)17-7-3-10-19-11-8-17/h2,4-5,15H,3,6-12H2,1H3. The molecule has 1 aromatic heterocycles. The van der Waals surface area contributed by atoms with Crippen molar-refractivity contribution < 1.29 is 4.74 Å². The van der Waals surface area contributed by atoms with Crippen LogP contribution >= 0.6 is 11.8 Å². The number of anilines is 1. The van der Waals surface area contributed by atoms with Crippen molar-refractivity contribution in [2.75, 3.05) is 49.8 Å². The summed E-state index contributed by atoms with van der Waals surface area (Å²) in [5.41, 5.74) is 1.28. The molecule has 19 heavy (non-hydrogen) atoms. The molecule has 0 amide bonds. The van der Waals surface area contributed by atoms with Gasteiger partial charge in [0, 0.05) is 50.8 Å². The first-order valence-electron chi connectivity index (χ1n) is 6.88. The van der Waals surface area contributed by atoms with Gasteiger partial charge in [-0.25, -0.2) is 4.98 Å². The lowest BCUT2D eigenvalue weighted by Gasteiger charge is -2.23. The van der Waals surface area contributed by atoms with Gasteiger partial charge in [-0.2, -0.15) is 11.8 Å². The molecule has 1 aliphatic heterocycles. The molecule has 4 nitrogen and oxygen atoms in total. The molecule has 1 N–H and O–H groups in total. The molecule has 0 atom stereocenters. The third-order valence-corrected chi connectivity index (χ3v) is 4.24. The van der Waals surface area contributed by atoms with Gasteiger partial charge in [-0.15, -0.1) is 0 Å². The van der Waals surface area contributed by atoms with Gasteiger partial charge in [0.05, 0.1) is 6.61 Å². The SMILES string of the molecule is COCCNCc1cccnc1N1CCCSCC1. The van der Waals surface area contributed by atoms with Crippen LogP contribution in [-0.4, -0.2) is 49.8 Å². The largest absolute Gasteiger partial charge is 0.383 e. The van der Waals surface area contributed by atoms with Gasteiger partial charge in [0.15, 0.2) is 0 Å². The summed E-state index contributed by atoms with van der Waals surface area (Å²) in [6.07, 6.45) is 3.14. The van der Waals surface area contributed by atoms with Crippen LogP contribution in [0.5, 0.6) is 0 Å². The van der Waals surface area contributed by atoms with E-state index < -0.39 is 0 Å². The predicted octanol–water partition coefficient (Wildman–Crippen LogP) is 1.76. The highest BCUT2D eigenvalue weighted by Crippen LogP contribution is 2.20. The number of methoxy groups -OCH3 is 1. The summed E-state index contributed by atoms with van der Waals surface area (Å²) in [5.74, 6) is 3.62. The van der Waals surface area contributed by atoms with Crippen molar-refractivity contribution in [3.8, 4) is 0 Å². The molecular weight excluding hydrogens is 258 g/mol. The number of pyridine rings is 1. The molecule has 2 rings (SSSR count). The Morgan fingerprint density at radius 3 is 3.26 bits per heavy atom. The van der Waals surface area contributed by atoms with Crippen molar-refractivity contribution >= 4 is 17.6 Å². The zero-order chi connectivity index (χ0) is 13.3. The Hall–Kier alpha value is -0.780. The summed E-state index contributed by atoms with van der Waals surface area (Å²) in [6.45, 7) is 4.70. The van der Waals surface area contributed by atoms with E-state index in [1.807, 2.05) is 24.0 Å². The van der Waals surface area contributed by atoms with E-state index in [0.717, 1.165) is 38.6 Å². The first-order chi connectivity index (χ1) is 9.42. The lowest BCUT2D eigenvalue weighted by Crippen LogP contribution is -2.29. The Kier molecular flexibility index (Phi) is 6.47. The molecular formula is C14H23N3OS. The molecule has 0 spiro atoms. The third kappa shape index (κ3) is 4.67. The van der Waals surface area contributed by atoms with Crippen LogP contribution in [0.3, 0.4) is 0 Å². The Labute approximate surface area is 119 Å². The molecule has 5 heteroatoms. The van der Waals surface area contributed by atoms with Crippen LogP contribution in [0, 0.1) is 0 Å². The highest BCUT2D eigenvalue weighted by Gasteiger charge is 2.14. The summed E-state index contributed by atoms with van der Waals surface area (Å²) < 4.78 is 5.05. The molecule has 1 fully saturated rings. The smallest absolute Gasteiger partial charge is 0.133 e. The van der Waals surface area contributed by atoms with E-state index in [-0.39, 0.29) is 0 Å². The summed E-state index contributed by atoms with van der Waals surface area (Å²) in [6, 6.07) is 4.18. The monoisotopic (exact) mass is 281 g/mol. The van der Waals surface area contributed by atoms with Crippen LogP contribution in [0.4, 0.5) is 5.82 Å². The first-order valence-corrected chi connectivity index (χ1v) is 8.03. The zero-order valence-corrected chi connectivity index (χ0v) is 12.4. The highest BCUT2D eigenvalue weighted by molar-refractivity contribution is 7.99. The quantitative estimate of drug-likeness (QED) is 0.804. The van der Waals surface area contributed by atoms with Gasteiger partial charge in [-0.05, 0) is 18.2 Å². The zero-order valence-electron chi connectivity index (χ0n) is 11.6. The molecule has 1 saturated heterocycles. The molecule has 0 bridgehead atoms. The van der Waals surface area contributed by atoms with Gasteiger partial charge in [-0.3, -0.25) is 0 Å². The van der Waals surface area contributed by atoms with Crippen LogP contribution < -0.4 is 10.2 Å². The minimum absolute atomic E-state index is 0.746. The Morgan fingerprint density at radius 2 is 2.37 bits per heavy atom. The first kappa shape index (κ1) is 14.6. The third-order valence-electron chi connectivity index (χ3n) is 3.19. The van der Waals surface area contributed by atoms with E-state index in [1.165, 1.54) is 23.5 Å². The summed E-state index contributed by atoms with van der Waals surface area (Å²) in [4.78, 5) is 7.01. The molecule has 0 aliphatic carbocycles. The van der Waals surface area contributed by atoms with Crippen LogP contribution in [0.25, 0.3) is 0 Å². The lowest BCUT2D eigenvalue weighted by atomic mass is 10.2. The van der Waals surface area contributed by atoms with E-state index in [9.17, 15) is 0 Å². The number of nitrogens with zero attached hydrogens (tertiary/aromatic N) is 2. The fraction of sp³-hybridized carbons (Fsp3) is 0.643. The minimum Gasteiger partial charge on any atom is -0.383 e. The molecule has 0 unspecified atom stereocenters. The fourth-order valence-electron chi connectivity index (χ4n) is 2.21. The molecule has 0 radical (unpaired) electrons. The predicted molar refractivity (Wildman–Crippen MR) is 82.0 cm³/mol. The Morgan fingerprint density at radius 1 is 1.42 bits per heavy atom. The Balaban J connectivity index is 1.98. The van der Waals surface area contributed by atoms with Crippen molar-refractivity contribution in [2.45, 2.75) is 13.0 Å². The van der Waals surface area contributed by atoms with E-state index in [2.05, 4.69) is 21.3 Å². The fourth-order valence-corrected chi connectivity index (χ4v) is 3.09. The van der Waals surface area contributed by atoms with Crippen molar-refractivity contribution in [1.29, 1.82) is 0 Å². The van der Waals surface area contributed by atoms with Crippen molar-refractivity contribution in [1.82, 2.24) is 10.3 Å². The number of rotatable bonds is 6. The second-order valence-corrected chi connectivity index (χ2v) is 5.83. The summed E-state index contributed by atoms with van der Waals surface area (Å²) >= 11 is 2.04. The second-order valence-electron chi connectivity index (χ2n) is 4.61. The van der Waals surface area contributed by atoms with Gasteiger partial charge in [-0.1, -0.05) is 6.07 Å². The van der Waals surface area contributed by atoms with E-state index in [4.69, 9.17) is 4.74 Å². The van der Waals surface area contributed by atoms with Crippen LogP contribution in [0.1, 0.15) is 12.0 Å². The molecule has 0 aromatic carbocycles. The number of hydrogen-bond donors (Lipinski definition) is 1. The van der Waals surface area contributed by atoms with E-state index in [0.29, 0.717) is 0 Å². The molecule has 0 saturated carbocycles. The number of aromatic nitrogens is 1. The summed E-state index contributed by atoms with van der Waals surface area (Å²) in [7, 11) is 1.73. The topological polar surface area (TPSA) is 37.4 Å². The van der Waals surface area contributed by atoms with E-state index in [1.54, 1.807) is 7.11 Å². The summed E-state index contributed by atoms with van der Waals surface area (Å²) in [5, 5.41) is 3.40. The number of hydrogen-bond acceptors (Lipinski definition) is 5. The van der Waals surface area contributed by atoms with Gasteiger partial charge in [0.1, 0.15) is 5.82 Å². The number of ether oxygens (including phenoxy) is 1. The van der Waals surface area contributed by atoms with Crippen molar-refractivity contribution in [2.24, 2.45) is 0 Å². The van der Waals surface area contributed by atoms with Crippen molar-refractivity contribution in [3.63, 3.8) is 0 Å². The van der Waals surface area contributed by atoms with Crippen molar-refractivity contribution in [3.05, 3.63) is 23.9 Å². The maximum atomic E-state index is 5.05. The molecule has 1 aliphatic rings. The highest BCUT2D eigenvalue weighted by atomic mass is 32.2.